The highest BCUT2D eigenvalue weighted by Crippen LogP contribution is 2.25. The third kappa shape index (κ3) is 4.94. The lowest BCUT2D eigenvalue weighted by atomic mass is 10.2. The molecule has 5 nitrogen and oxygen atoms in total. The van der Waals surface area contributed by atoms with E-state index in [-0.39, 0.29) is 28.6 Å². The van der Waals surface area contributed by atoms with Crippen molar-refractivity contribution < 1.29 is 18.7 Å². The van der Waals surface area contributed by atoms with Crippen LogP contribution in [0.3, 0.4) is 0 Å². The lowest BCUT2D eigenvalue weighted by molar-refractivity contribution is -0.121. The Kier molecular flexibility index (Phi) is 6.96. The highest BCUT2D eigenvalue weighted by atomic mass is 35.5. The summed E-state index contributed by atoms with van der Waals surface area (Å²) in [5.74, 6) is -1.86. The van der Waals surface area contributed by atoms with E-state index in [0.717, 1.165) is 0 Å². The van der Waals surface area contributed by atoms with Crippen LogP contribution in [0.25, 0.3) is 0 Å². The van der Waals surface area contributed by atoms with Crippen molar-refractivity contribution in [2.24, 2.45) is 0 Å². The first-order valence-corrected chi connectivity index (χ1v) is 8.23. The van der Waals surface area contributed by atoms with Crippen molar-refractivity contribution in [1.29, 1.82) is 5.26 Å². The number of ether oxygens (including phenoxy) is 1. The lowest BCUT2D eigenvalue weighted by Crippen LogP contribution is -2.35. The molecule has 0 bridgehead atoms. The second kappa shape index (κ2) is 9.18. The molecule has 0 unspecified atom stereocenters. The van der Waals surface area contributed by atoms with Gasteiger partial charge in [-0.1, -0.05) is 29.3 Å². The van der Waals surface area contributed by atoms with E-state index >= 15 is 0 Å². The van der Waals surface area contributed by atoms with Gasteiger partial charge in [-0.25, -0.2) is 9.18 Å². The van der Waals surface area contributed by atoms with Gasteiger partial charge in [0.05, 0.1) is 28.1 Å². The molecule has 0 saturated carbocycles. The van der Waals surface area contributed by atoms with E-state index in [1.54, 1.807) is 6.07 Å². The molecule has 0 aromatic heterocycles. The van der Waals surface area contributed by atoms with Gasteiger partial charge < -0.3 is 9.64 Å². The number of nitriles is 1. The van der Waals surface area contributed by atoms with Crippen LogP contribution < -0.4 is 4.90 Å². The Labute approximate surface area is 159 Å². The van der Waals surface area contributed by atoms with E-state index in [4.69, 9.17) is 33.2 Å². The van der Waals surface area contributed by atoms with Crippen molar-refractivity contribution in [3.8, 4) is 6.07 Å². The molecule has 1 amide bonds. The zero-order valence-electron chi connectivity index (χ0n) is 13.4. The molecule has 2 aromatic rings. The summed E-state index contributed by atoms with van der Waals surface area (Å²) < 4.78 is 18.1. The van der Waals surface area contributed by atoms with Crippen molar-refractivity contribution in [3.63, 3.8) is 0 Å². The van der Waals surface area contributed by atoms with Crippen LogP contribution in [0.2, 0.25) is 10.0 Å². The number of carbonyl (C=O) groups is 2. The van der Waals surface area contributed by atoms with Gasteiger partial charge in [0.25, 0.3) is 5.91 Å². The summed E-state index contributed by atoms with van der Waals surface area (Å²) in [5, 5.41) is 8.97. The average molecular weight is 395 g/mol. The molecular weight excluding hydrogens is 382 g/mol. The molecule has 0 aliphatic heterocycles. The molecule has 2 aromatic carbocycles. The van der Waals surface area contributed by atoms with Crippen LogP contribution in [0.4, 0.5) is 10.1 Å². The number of hydrogen-bond acceptors (Lipinski definition) is 4. The molecule has 0 N–H and O–H groups in total. The van der Waals surface area contributed by atoms with Crippen LogP contribution in [0.15, 0.2) is 42.5 Å². The second-order valence-electron chi connectivity index (χ2n) is 5.10. The predicted molar refractivity (Wildman–Crippen MR) is 95.7 cm³/mol. The number of carbonyl (C=O) groups excluding carboxylic acids is 2. The Morgan fingerprint density at radius 2 is 1.73 bits per heavy atom. The Balaban J connectivity index is 2.10. The number of anilines is 1. The molecular formula is C18H13Cl2FN2O3. The molecule has 0 heterocycles. The third-order valence-electron chi connectivity index (χ3n) is 3.38. The summed E-state index contributed by atoms with van der Waals surface area (Å²) in [6.07, 6.45) is 0.0629. The van der Waals surface area contributed by atoms with E-state index in [2.05, 4.69) is 0 Å². The molecule has 0 radical (unpaired) electrons. The largest absolute Gasteiger partial charge is 0.452 e. The van der Waals surface area contributed by atoms with Crippen LogP contribution in [0.5, 0.6) is 0 Å². The smallest absolute Gasteiger partial charge is 0.341 e. The molecule has 134 valence electrons. The van der Waals surface area contributed by atoms with Crippen LogP contribution in [-0.2, 0) is 9.53 Å². The van der Waals surface area contributed by atoms with E-state index in [9.17, 15) is 14.0 Å². The number of halogens is 3. The molecule has 0 saturated heterocycles. The Hall–Kier alpha value is -2.62. The van der Waals surface area contributed by atoms with Gasteiger partial charge >= 0.3 is 5.97 Å². The maximum absolute atomic E-state index is 13.1. The van der Waals surface area contributed by atoms with Crippen molar-refractivity contribution in [2.75, 3.05) is 18.1 Å². The summed E-state index contributed by atoms with van der Waals surface area (Å²) >= 11 is 11.9. The van der Waals surface area contributed by atoms with Crippen molar-refractivity contribution in [3.05, 3.63) is 63.9 Å². The number of hydrogen-bond donors (Lipinski definition) is 0. The maximum atomic E-state index is 13.1. The molecule has 0 spiro atoms. The Morgan fingerprint density at radius 1 is 1.12 bits per heavy atom. The summed E-state index contributed by atoms with van der Waals surface area (Å²) in [6, 6.07) is 11.6. The van der Waals surface area contributed by atoms with Crippen molar-refractivity contribution >= 4 is 40.8 Å². The molecule has 0 fully saturated rings. The standard InChI is InChI=1S/C18H13Cl2FN2O3/c19-14-3-1-4-15(20)17(14)18(25)26-11-16(24)23(10-2-9-22)13-7-5-12(21)6-8-13/h1,3-8H,2,10-11H2. The molecule has 0 atom stereocenters. The minimum atomic E-state index is -0.840. The van der Waals surface area contributed by atoms with Crippen LogP contribution >= 0.6 is 23.2 Å². The summed E-state index contributed by atoms with van der Waals surface area (Å²) in [5.41, 5.74) is 0.354. The van der Waals surface area contributed by atoms with E-state index < -0.39 is 24.3 Å². The number of amides is 1. The first kappa shape index (κ1) is 19.7. The summed E-state index contributed by atoms with van der Waals surface area (Å²) in [6.45, 7) is -0.505. The van der Waals surface area contributed by atoms with E-state index in [1.165, 1.54) is 41.3 Å². The summed E-state index contributed by atoms with van der Waals surface area (Å²) in [7, 11) is 0. The number of nitrogens with zero attached hydrogens (tertiary/aromatic N) is 2. The van der Waals surface area contributed by atoms with Gasteiger partial charge in [-0.2, -0.15) is 5.26 Å². The van der Waals surface area contributed by atoms with Gasteiger partial charge in [0.1, 0.15) is 5.82 Å². The van der Waals surface area contributed by atoms with E-state index in [1.807, 2.05) is 6.07 Å². The summed E-state index contributed by atoms with van der Waals surface area (Å²) in [4.78, 5) is 25.8. The molecule has 26 heavy (non-hydrogen) atoms. The first-order chi connectivity index (χ1) is 12.4. The highest BCUT2D eigenvalue weighted by Gasteiger charge is 2.21. The molecule has 2 rings (SSSR count). The van der Waals surface area contributed by atoms with Crippen LogP contribution in [0.1, 0.15) is 16.8 Å². The average Bonchev–Trinajstić information content (AvgIpc) is 2.61. The Morgan fingerprint density at radius 3 is 2.31 bits per heavy atom. The zero-order valence-corrected chi connectivity index (χ0v) is 14.9. The van der Waals surface area contributed by atoms with Gasteiger partial charge in [-0.3, -0.25) is 4.79 Å². The predicted octanol–water partition coefficient (Wildman–Crippen LogP) is 4.24. The lowest BCUT2D eigenvalue weighted by Gasteiger charge is -2.21. The van der Waals surface area contributed by atoms with Crippen molar-refractivity contribution in [2.45, 2.75) is 6.42 Å². The fourth-order valence-corrected chi connectivity index (χ4v) is 2.70. The monoisotopic (exact) mass is 394 g/mol. The topological polar surface area (TPSA) is 70.4 Å². The van der Waals surface area contributed by atoms with Crippen LogP contribution in [-0.4, -0.2) is 25.0 Å². The maximum Gasteiger partial charge on any atom is 0.341 e. The first-order valence-electron chi connectivity index (χ1n) is 7.48. The Bertz CT molecular complexity index is 830. The van der Waals surface area contributed by atoms with Crippen LogP contribution in [0, 0.1) is 17.1 Å². The molecule has 0 aliphatic carbocycles. The van der Waals surface area contributed by atoms with Gasteiger partial charge in [-0.05, 0) is 36.4 Å². The highest BCUT2D eigenvalue weighted by molar-refractivity contribution is 6.39. The fraction of sp³-hybridized carbons (Fsp3) is 0.167. The quantitative estimate of drug-likeness (QED) is 0.687. The van der Waals surface area contributed by atoms with Gasteiger partial charge in [0, 0.05) is 12.2 Å². The second-order valence-corrected chi connectivity index (χ2v) is 5.92. The zero-order chi connectivity index (χ0) is 19.1. The fourth-order valence-electron chi connectivity index (χ4n) is 2.15. The number of benzene rings is 2. The SMILES string of the molecule is N#CCCN(C(=O)COC(=O)c1c(Cl)cccc1Cl)c1ccc(F)cc1. The van der Waals surface area contributed by atoms with Gasteiger partial charge in [-0.15, -0.1) is 0 Å². The van der Waals surface area contributed by atoms with Gasteiger partial charge in [0.15, 0.2) is 6.61 Å². The minimum absolute atomic E-state index is 0.0333. The van der Waals surface area contributed by atoms with E-state index in [0.29, 0.717) is 5.69 Å². The third-order valence-corrected chi connectivity index (χ3v) is 4.01. The van der Waals surface area contributed by atoms with Crippen molar-refractivity contribution in [1.82, 2.24) is 0 Å². The minimum Gasteiger partial charge on any atom is -0.452 e. The number of esters is 1. The molecule has 8 heteroatoms. The normalized spacial score (nSPS) is 10.1. The number of rotatable bonds is 6. The molecule has 0 aliphatic rings. The van der Waals surface area contributed by atoms with Gasteiger partial charge in [0.2, 0.25) is 0 Å².